The van der Waals surface area contributed by atoms with Crippen molar-refractivity contribution < 1.29 is 13.9 Å². The molecule has 1 aromatic heterocycles. The Morgan fingerprint density at radius 3 is 2.88 bits per heavy atom. The van der Waals surface area contributed by atoms with Gasteiger partial charge in [-0.3, -0.25) is 9.69 Å². The van der Waals surface area contributed by atoms with Crippen molar-refractivity contribution in [2.45, 2.75) is 12.5 Å². The lowest BCUT2D eigenvalue weighted by molar-refractivity contribution is 0.0943. The largest absolute Gasteiger partial charge is 0.481 e. The quantitative estimate of drug-likeness (QED) is 0.868. The molecule has 0 radical (unpaired) electrons. The van der Waals surface area contributed by atoms with Gasteiger partial charge in [0.15, 0.2) is 0 Å². The SMILES string of the molecule is COc1ccc(C(=O)NC[C@H]2CCN(C)[C@H]2c2ccc(Cl)c(F)c2)cn1. The molecule has 1 aromatic carbocycles. The summed E-state index contributed by atoms with van der Waals surface area (Å²) in [7, 11) is 3.53. The third kappa shape index (κ3) is 3.97. The smallest absolute Gasteiger partial charge is 0.252 e. The Hall–Kier alpha value is -2.18. The summed E-state index contributed by atoms with van der Waals surface area (Å²) < 4.78 is 18.8. The van der Waals surface area contributed by atoms with Crippen LogP contribution in [0.15, 0.2) is 36.5 Å². The molecule has 0 aliphatic carbocycles. The summed E-state index contributed by atoms with van der Waals surface area (Å²) in [5, 5.41) is 3.08. The highest BCUT2D eigenvalue weighted by Crippen LogP contribution is 2.36. The summed E-state index contributed by atoms with van der Waals surface area (Å²) in [5.41, 5.74) is 1.35. The Balaban J connectivity index is 1.67. The van der Waals surface area contributed by atoms with Crippen LogP contribution in [0.2, 0.25) is 5.02 Å². The fourth-order valence-electron chi connectivity index (χ4n) is 3.42. The van der Waals surface area contributed by atoms with E-state index in [4.69, 9.17) is 16.3 Å². The Morgan fingerprint density at radius 1 is 1.42 bits per heavy atom. The minimum atomic E-state index is -0.420. The number of carbonyl (C=O) groups is 1. The molecule has 5 nitrogen and oxygen atoms in total. The van der Waals surface area contributed by atoms with Gasteiger partial charge in [0.25, 0.3) is 5.91 Å². The molecule has 7 heteroatoms. The molecule has 1 amide bonds. The summed E-state index contributed by atoms with van der Waals surface area (Å²) in [4.78, 5) is 18.6. The third-order valence-electron chi connectivity index (χ3n) is 4.79. The van der Waals surface area contributed by atoms with E-state index < -0.39 is 5.82 Å². The second-order valence-corrected chi connectivity index (χ2v) is 6.85. The predicted octanol–water partition coefficient (Wildman–Crippen LogP) is 3.31. The Morgan fingerprint density at radius 2 is 2.23 bits per heavy atom. The highest BCUT2D eigenvalue weighted by atomic mass is 35.5. The lowest BCUT2D eigenvalue weighted by Gasteiger charge is -2.26. The fraction of sp³-hybridized carbons (Fsp3) is 0.368. The topological polar surface area (TPSA) is 54.5 Å². The van der Waals surface area contributed by atoms with Crippen molar-refractivity contribution in [3.05, 3.63) is 58.5 Å². The minimum absolute atomic E-state index is 0.0380. The molecule has 0 spiro atoms. The number of halogens is 2. The van der Waals surface area contributed by atoms with Crippen molar-refractivity contribution in [3.8, 4) is 5.88 Å². The molecular weight excluding hydrogens is 357 g/mol. The first kappa shape index (κ1) is 18.6. The lowest BCUT2D eigenvalue weighted by atomic mass is 9.93. The zero-order valence-corrected chi connectivity index (χ0v) is 15.5. The molecule has 0 unspecified atom stereocenters. The molecule has 26 heavy (non-hydrogen) atoms. The number of ether oxygens (including phenoxy) is 1. The van der Waals surface area contributed by atoms with E-state index in [2.05, 4.69) is 15.2 Å². The number of methoxy groups -OCH3 is 1. The van der Waals surface area contributed by atoms with E-state index >= 15 is 0 Å². The summed E-state index contributed by atoms with van der Waals surface area (Å²) >= 11 is 5.79. The molecule has 2 atom stereocenters. The van der Waals surface area contributed by atoms with E-state index in [0.717, 1.165) is 18.5 Å². The minimum Gasteiger partial charge on any atom is -0.481 e. The molecule has 1 N–H and O–H groups in total. The molecule has 2 aromatic rings. The first-order valence-electron chi connectivity index (χ1n) is 8.43. The number of hydrogen-bond acceptors (Lipinski definition) is 4. The molecule has 2 heterocycles. The zero-order chi connectivity index (χ0) is 18.7. The van der Waals surface area contributed by atoms with Crippen LogP contribution in [0.4, 0.5) is 4.39 Å². The van der Waals surface area contributed by atoms with Gasteiger partial charge < -0.3 is 10.1 Å². The number of aromatic nitrogens is 1. The molecular formula is C19H21ClFN3O2. The number of hydrogen-bond donors (Lipinski definition) is 1. The van der Waals surface area contributed by atoms with Crippen molar-refractivity contribution in [2.24, 2.45) is 5.92 Å². The van der Waals surface area contributed by atoms with Crippen LogP contribution in [-0.4, -0.2) is 43.0 Å². The molecule has 1 saturated heterocycles. The number of benzene rings is 1. The van der Waals surface area contributed by atoms with E-state index in [1.165, 1.54) is 19.4 Å². The number of carbonyl (C=O) groups excluding carboxylic acids is 1. The Kier molecular flexibility index (Phi) is 5.74. The van der Waals surface area contributed by atoms with E-state index in [1.807, 2.05) is 13.1 Å². The fourth-order valence-corrected chi connectivity index (χ4v) is 3.54. The van der Waals surface area contributed by atoms with Crippen LogP contribution in [0.3, 0.4) is 0 Å². The lowest BCUT2D eigenvalue weighted by Crippen LogP contribution is -2.32. The number of amides is 1. The molecule has 1 aliphatic rings. The molecule has 1 aliphatic heterocycles. The maximum absolute atomic E-state index is 13.8. The average Bonchev–Trinajstić information content (AvgIpc) is 3.02. The van der Waals surface area contributed by atoms with Crippen molar-refractivity contribution in [1.82, 2.24) is 15.2 Å². The van der Waals surface area contributed by atoms with Crippen molar-refractivity contribution in [2.75, 3.05) is 27.2 Å². The third-order valence-corrected chi connectivity index (χ3v) is 5.10. The van der Waals surface area contributed by atoms with Gasteiger partial charge in [0.05, 0.1) is 17.7 Å². The molecule has 1 fully saturated rings. The summed E-state index contributed by atoms with van der Waals surface area (Å²) in [5.74, 6) is 0.0480. The van der Waals surface area contributed by atoms with Gasteiger partial charge in [-0.1, -0.05) is 17.7 Å². The maximum atomic E-state index is 13.8. The second kappa shape index (κ2) is 8.01. The van der Waals surface area contributed by atoms with Crippen LogP contribution in [-0.2, 0) is 0 Å². The highest BCUT2D eigenvalue weighted by Gasteiger charge is 2.33. The normalized spacial score (nSPS) is 20.2. The van der Waals surface area contributed by atoms with Crippen LogP contribution >= 0.6 is 11.6 Å². The zero-order valence-electron chi connectivity index (χ0n) is 14.7. The van der Waals surface area contributed by atoms with E-state index in [0.29, 0.717) is 18.0 Å². The second-order valence-electron chi connectivity index (χ2n) is 6.45. The number of pyridine rings is 1. The first-order chi connectivity index (χ1) is 12.5. The summed E-state index contributed by atoms with van der Waals surface area (Å²) in [6.07, 6.45) is 2.41. The van der Waals surface area contributed by atoms with Gasteiger partial charge in [0, 0.05) is 24.8 Å². The maximum Gasteiger partial charge on any atom is 0.252 e. The van der Waals surface area contributed by atoms with Gasteiger partial charge >= 0.3 is 0 Å². The summed E-state index contributed by atoms with van der Waals surface area (Å²) in [6, 6.07) is 8.27. The monoisotopic (exact) mass is 377 g/mol. The highest BCUT2D eigenvalue weighted by molar-refractivity contribution is 6.30. The van der Waals surface area contributed by atoms with Gasteiger partial charge in [-0.25, -0.2) is 9.37 Å². The number of likely N-dealkylation sites (tertiary alicyclic amines) is 1. The van der Waals surface area contributed by atoms with Gasteiger partial charge in [0.1, 0.15) is 5.82 Å². The average molecular weight is 378 g/mol. The van der Waals surface area contributed by atoms with E-state index in [1.54, 1.807) is 18.2 Å². The molecule has 0 bridgehead atoms. The van der Waals surface area contributed by atoms with Crippen LogP contribution in [0.5, 0.6) is 5.88 Å². The van der Waals surface area contributed by atoms with Gasteiger partial charge in [-0.15, -0.1) is 0 Å². The van der Waals surface area contributed by atoms with Crippen LogP contribution in [0.1, 0.15) is 28.4 Å². The molecule has 0 saturated carbocycles. The number of nitrogens with zero attached hydrogens (tertiary/aromatic N) is 2. The van der Waals surface area contributed by atoms with Crippen molar-refractivity contribution in [3.63, 3.8) is 0 Å². The Bertz CT molecular complexity index is 785. The summed E-state index contributed by atoms with van der Waals surface area (Å²) in [6.45, 7) is 1.39. The van der Waals surface area contributed by atoms with Crippen LogP contribution in [0.25, 0.3) is 0 Å². The molecule has 138 valence electrons. The van der Waals surface area contributed by atoms with Gasteiger partial charge in [-0.05, 0) is 49.7 Å². The number of nitrogens with one attached hydrogen (secondary N) is 1. The van der Waals surface area contributed by atoms with Crippen LogP contribution in [0, 0.1) is 11.7 Å². The predicted molar refractivity (Wildman–Crippen MR) is 98.0 cm³/mol. The van der Waals surface area contributed by atoms with Gasteiger partial charge in [0.2, 0.25) is 5.88 Å². The van der Waals surface area contributed by atoms with Crippen LogP contribution < -0.4 is 10.1 Å². The van der Waals surface area contributed by atoms with Crippen molar-refractivity contribution in [1.29, 1.82) is 0 Å². The van der Waals surface area contributed by atoms with Crippen molar-refractivity contribution >= 4 is 17.5 Å². The van der Waals surface area contributed by atoms with E-state index in [9.17, 15) is 9.18 Å². The Labute approximate surface area is 157 Å². The molecule has 3 rings (SSSR count). The van der Waals surface area contributed by atoms with Gasteiger partial charge in [-0.2, -0.15) is 0 Å². The standard InChI is InChI=1S/C19H21ClFN3O2/c1-24-8-7-13(18(24)12-3-5-15(20)16(21)9-12)10-23-19(25)14-4-6-17(26-2)22-11-14/h3-6,9,11,13,18H,7-8,10H2,1-2H3,(H,23,25)/t13-,18+/m1/s1. The first-order valence-corrected chi connectivity index (χ1v) is 8.81. The number of rotatable bonds is 5. The van der Waals surface area contributed by atoms with E-state index in [-0.39, 0.29) is 22.9 Å².